The Bertz CT molecular complexity index is 282. The van der Waals surface area contributed by atoms with Gasteiger partial charge in [-0.25, -0.2) is 0 Å². The van der Waals surface area contributed by atoms with E-state index in [1.807, 2.05) is 31.2 Å². The SMILES string of the molecule is CCSc1ccc(C(C)(N)CO)cc1. The smallest absolute Gasteiger partial charge is 0.0650 e. The van der Waals surface area contributed by atoms with Gasteiger partial charge in [-0.1, -0.05) is 19.1 Å². The zero-order valence-electron chi connectivity index (χ0n) is 8.66. The third kappa shape index (κ3) is 2.74. The van der Waals surface area contributed by atoms with Crippen LogP contribution in [-0.4, -0.2) is 17.5 Å². The highest BCUT2D eigenvalue weighted by atomic mass is 32.2. The number of nitrogens with two attached hydrogens (primary N) is 1. The van der Waals surface area contributed by atoms with Gasteiger partial charge in [0.05, 0.1) is 12.1 Å². The summed E-state index contributed by atoms with van der Waals surface area (Å²) in [5, 5.41) is 9.09. The fraction of sp³-hybridized carbons (Fsp3) is 0.455. The largest absolute Gasteiger partial charge is 0.394 e. The number of hydrogen-bond acceptors (Lipinski definition) is 3. The zero-order chi connectivity index (χ0) is 10.6. The van der Waals surface area contributed by atoms with Crippen LogP contribution in [0.2, 0.25) is 0 Å². The van der Waals surface area contributed by atoms with E-state index in [0.29, 0.717) is 0 Å². The fourth-order valence-electron chi connectivity index (χ4n) is 1.19. The Kier molecular flexibility index (Phi) is 3.98. The van der Waals surface area contributed by atoms with E-state index in [2.05, 4.69) is 6.92 Å². The zero-order valence-corrected chi connectivity index (χ0v) is 9.47. The average molecular weight is 211 g/mol. The van der Waals surface area contributed by atoms with Crippen molar-refractivity contribution in [2.24, 2.45) is 5.73 Å². The summed E-state index contributed by atoms with van der Waals surface area (Å²) in [6.07, 6.45) is 0. The van der Waals surface area contributed by atoms with Crippen LogP contribution in [0.5, 0.6) is 0 Å². The van der Waals surface area contributed by atoms with Crippen molar-refractivity contribution in [1.82, 2.24) is 0 Å². The second-order valence-corrected chi connectivity index (χ2v) is 4.87. The number of aliphatic hydroxyl groups excluding tert-OH is 1. The molecule has 1 rings (SSSR count). The van der Waals surface area contributed by atoms with E-state index in [-0.39, 0.29) is 6.61 Å². The first kappa shape index (κ1) is 11.6. The van der Waals surface area contributed by atoms with Gasteiger partial charge in [-0.15, -0.1) is 11.8 Å². The third-order valence-electron chi connectivity index (χ3n) is 2.15. The molecule has 1 unspecified atom stereocenters. The lowest BCUT2D eigenvalue weighted by Crippen LogP contribution is -2.36. The van der Waals surface area contributed by atoms with Crippen molar-refractivity contribution in [3.05, 3.63) is 29.8 Å². The Hall–Kier alpha value is -0.510. The van der Waals surface area contributed by atoms with Gasteiger partial charge >= 0.3 is 0 Å². The molecule has 0 spiro atoms. The first-order valence-electron chi connectivity index (χ1n) is 4.73. The molecule has 0 fully saturated rings. The maximum Gasteiger partial charge on any atom is 0.0650 e. The molecule has 2 nitrogen and oxygen atoms in total. The molecule has 78 valence electrons. The predicted octanol–water partition coefficient (Wildman–Crippen LogP) is 1.96. The maximum atomic E-state index is 9.09. The molecular formula is C11H17NOS. The molecule has 3 heteroatoms. The van der Waals surface area contributed by atoms with Crippen LogP contribution in [0.15, 0.2) is 29.2 Å². The summed E-state index contributed by atoms with van der Waals surface area (Å²) in [5.41, 5.74) is 6.25. The summed E-state index contributed by atoms with van der Waals surface area (Å²) in [6.45, 7) is 3.92. The van der Waals surface area contributed by atoms with E-state index in [1.165, 1.54) is 4.90 Å². The molecule has 14 heavy (non-hydrogen) atoms. The molecule has 0 bridgehead atoms. The van der Waals surface area contributed by atoms with E-state index in [9.17, 15) is 0 Å². The summed E-state index contributed by atoms with van der Waals surface area (Å²) in [6, 6.07) is 8.05. The molecule has 0 radical (unpaired) electrons. The molecule has 1 atom stereocenters. The van der Waals surface area contributed by atoms with Gasteiger partial charge in [0.2, 0.25) is 0 Å². The van der Waals surface area contributed by atoms with E-state index >= 15 is 0 Å². The number of hydrogen-bond donors (Lipinski definition) is 2. The Morgan fingerprint density at radius 2 is 1.93 bits per heavy atom. The molecule has 1 aromatic carbocycles. The topological polar surface area (TPSA) is 46.2 Å². The van der Waals surface area contributed by atoms with Crippen molar-refractivity contribution in [2.75, 3.05) is 12.4 Å². The van der Waals surface area contributed by atoms with Gasteiger partial charge in [0.1, 0.15) is 0 Å². The first-order valence-corrected chi connectivity index (χ1v) is 5.72. The Morgan fingerprint density at radius 1 is 1.36 bits per heavy atom. The molecule has 0 aliphatic carbocycles. The molecular weight excluding hydrogens is 194 g/mol. The fourth-order valence-corrected chi connectivity index (χ4v) is 1.85. The summed E-state index contributed by atoms with van der Waals surface area (Å²) in [5.74, 6) is 1.07. The van der Waals surface area contributed by atoms with Gasteiger partial charge in [0.15, 0.2) is 0 Å². The van der Waals surface area contributed by atoms with Crippen molar-refractivity contribution in [1.29, 1.82) is 0 Å². The summed E-state index contributed by atoms with van der Waals surface area (Å²) >= 11 is 1.80. The van der Waals surface area contributed by atoms with Crippen LogP contribution < -0.4 is 5.73 Å². The van der Waals surface area contributed by atoms with Gasteiger partial charge in [-0.2, -0.15) is 0 Å². The van der Waals surface area contributed by atoms with Crippen LogP contribution >= 0.6 is 11.8 Å². The predicted molar refractivity (Wildman–Crippen MR) is 61.5 cm³/mol. The van der Waals surface area contributed by atoms with E-state index in [1.54, 1.807) is 11.8 Å². The van der Waals surface area contributed by atoms with Gasteiger partial charge in [0, 0.05) is 4.90 Å². The van der Waals surface area contributed by atoms with Gasteiger partial charge in [-0.3, -0.25) is 0 Å². The Balaban J connectivity index is 2.82. The summed E-state index contributed by atoms with van der Waals surface area (Å²) < 4.78 is 0. The monoisotopic (exact) mass is 211 g/mol. The van der Waals surface area contributed by atoms with Crippen LogP contribution in [-0.2, 0) is 5.54 Å². The van der Waals surface area contributed by atoms with Crippen molar-refractivity contribution in [2.45, 2.75) is 24.3 Å². The van der Waals surface area contributed by atoms with Crippen LogP contribution in [0.3, 0.4) is 0 Å². The number of rotatable bonds is 4. The lowest BCUT2D eigenvalue weighted by Gasteiger charge is -2.22. The third-order valence-corrected chi connectivity index (χ3v) is 3.05. The first-order chi connectivity index (χ1) is 6.60. The highest BCUT2D eigenvalue weighted by Crippen LogP contribution is 2.22. The highest BCUT2D eigenvalue weighted by molar-refractivity contribution is 7.99. The van der Waals surface area contributed by atoms with Crippen LogP contribution in [0.25, 0.3) is 0 Å². The van der Waals surface area contributed by atoms with Gasteiger partial charge in [-0.05, 0) is 30.4 Å². The van der Waals surface area contributed by atoms with Crippen LogP contribution in [0.4, 0.5) is 0 Å². The maximum absolute atomic E-state index is 9.09. The van der Waals surface area contributed by atoms with E-state index in [0.717, 1.165) is 11.3 Å². The molecule has 0 amide bonds. The van der Waals surface area contributed by atoms with E-state index in [4.69, 9.17) is 10.8 Å². The molecule has 0 saturated heterocycles. The number of benzene rings is 1. The van der Waals surface area contributed by atoms with Crippen molar-refractivity contribution in [3.8, 4) is 0 Å². The summed E-state index contributed by atoms with van der Waals surface area (Å²) in [7, 11) is 0. The Labute approximate surface area is 89.5 Å². The Morgan fingerprint density at radius 3 is 2.36 bits per heavy atom. The van der Waals surface area contributed by atoms with Crippen LogP contribution in [0, 0.1) is 0 Å². The molecule has 0 aliphatic heterocycles. The second-order valence-electron chi connectivity index (χ2n) is 3.53. The molecule has 1 aromatic rings. The average Bonchev–Trinajstić information content (AvgIpc) is 2.19. The molecule has 0 heterocycles. The van der Waals surface area contributed by atoms with Crippen molar-refractivity contribution in [3.63, 3.8) is 0 Å². The lowest BCUT2D eigenvalue weighted by molar-refractivity contribution is 0.210. The molecule has 0 aliphatic rings. The van der Waals surface area contributed by atoms with Crippen molar-refractivity contribution >= 4 is 11.8 Å². The number of aliphatic hydroxyl groups is 1. The molecule has 0 aromatic heterocycles. The number of thioether (sulfide) groups is 1. The van der Waals surface area contributed by atoms with Crippen molar-refractivity contribution < 1.29 is 5.11 Å². The summed E-state index contributed by atoms with van der Waals surface area (Å²) in [4.78, 5) is 1.24. The lowest BCUT2D eigenvalue weighted by atomic mass is 9.94. The minimum absolute atomic E-state index is 0.0345. The standard InChI is InChI=1S/C11H17NOS/c1-3-14-10-6-4-9(5-7-10)11(2,12)8-13/h4-7,13H,3,8,12H2,1-2H3. The molecule has 0 saturated carbocycles. The minimum atomic E-state index is -0.630. The van der Waals surface area contributed by atoms with Crippen LogP contribution in [0.1, 0.15) is 19.4 Å². The molecule has 3 N–H and O–H groups in total. The minimum Gasteiger partial charge on any atom is -0.394 e. The van der Waals surface area contributed by atoms with Gasteiger partial charge in [0.25, 0.3) is 0 Å². The highest BCUT2D eigenvalue weighted by Gasteiger charge is 2.19. The second kappa shape index (κ2) is 4.82. The quantitative estimate of drug-likeness (QED) is 0.748. The van der Waals surface area contributed by atoms with Gasteiger partial charge < -0.3 is 10.8 Å². The normalized spacial score (nSPS) is 15.1. The van der Waals surface area contributed by atoms with E-state index < -0.39 is 5.54 Å².